The lowest BCUT2D eigenvalue weighted by Gasteiger charge is -2.16. The van der Waals surface area contributed by atoms with Gasteiger partial charge in [0.25, 0.3) is 0 Å². The summed E-state index contributed by atoms with van der Waals surface area (Å²) in [4.78, 5) is 0. The Morgan fingerprint density at radius 1 is 1.64 bits per heavy atom. The number of hydrogen-bond donors (Lipinski definition) is 3. The maximum Gasteiger partial charge on any atom is 0.0906 e. The van der Waals surface area contributed by atoms with Gasteiger partial charge in [-0.15, -0.1) is 0 Å². The van der Waals surface area contributed by atoms with Gasteiger partial charge in [-0.05, 0) is 12.3 Å². The van der Waals surface area contributed by atoms with Crippen LogP contribution < -0.4 is 5.73 Å². The number of aliphatic hydroxyl groups is 1. The molecule has 0 aromatic carbocycles. The van der Waals surface area contributed by atoms with Crippen molar-refractivity contribution in [2.75, 3.05) is 0 Å². The summed E-state index contributed by atoms with van der Waals surface area (Å²) in [6, 6.07) is 0. The molecule has 0 spiro atoms. The molecule has 66 valence electrons. The van der Waals surface area contributed by atoms with E-state index in [0.717, 1.165) is 6.42 Å². The van der Waals surface area contributed by atoms with E-state index in [4.69, 9.17) is 11.1 Å². The van der Waals surface area contributed by atoms with Gasteiger partial charge in [-0.3, -0.25) is 5.41 Å². The van der Waals surface area contributed by atoms with E-state index in [-0.39, 0.29) is 11.9 Å². The van der Waals surface area contributed by atoms with Crippen LogP contribution >= 0.6 is 0 Å². The van der Waals surface area contributed by atoms with Crippen molar-refractivity contribution in [3.05, 3.63) is 0 Å². The Morgan fingerprint density at radius 2 is 2.18 bits per heavy atom. The van der Waals surface area contributed by atoms with Crippen molar-refractivity contribution in [1.82, 2.24) is 0 Å². The first-order valence-corrected chi connectivity index (χ1v) is 4.08. The summed E-state index contributed by atoms with van der Waals surface area (Å²) in [6.45, 7) is 4.05. The van der Waals surface area contributed by atoms with Crippen LogP contribution in [-0.2, 0) is 0 Å². The highest BCUT2D eigenvalue weighted by molar-refractivity contribution is 5.76. The van der Waals surface area contributed by atoms with Crippen molar-refractivity contribution < 1.29 is 5.11 Å². The first kappa shape index (κ1) is 10.4. The van der Waals surface area contributed by atoms with Gasteiger partial charge in [0.15, 0.2) is 0 Å². The lowest BCUT2D eigenvalue weighted by molar-refractivity contribution is 0.107. The Bertz CT molecular complexity index is 125. The maximum absolute atomic E-state index is 9.41. The zero-order valence-corrected chi connectivity index (χ0v) is 7.30. The number of amidine groups is 1. The maximum atomic E-state index is 9.41. The fourth-order valence-electron chi connectivity index (χ4n) is 0.860. The second-order valence-electron chi connectivity index (χ2n) is 3.02. The summed E-state index contributed by atoms with van der Waals surface area (Å²) in [7, 11) is 0. The molecule has 0 aliphatic rings. The minimum atomic E-state index is -0.302. The molecular formula is C8H18N2O. The fourth-order valence-corrected chi connectivity index (χ4v) is 0.860. The Labute approximate surface area is 68.1 Å². The van der Waals surface area contributed by atoms with Crippen LogP contribution in [0, 0.1) is 11.3 Å². The van der Waals surface area contributed by atoms with Crippen LogP contribution in [0.5, 0.6) is 0 Å². The smallest absolute Gasteiger partial charge is 0.0906 e. The lowest BCUT2D eigenvalue weighted by Crippen LogP contribution is -2.20. The van der Waals surface area contributed by atoms with Crippen LogP contribution in [0.3, 0.4) is 0 Å². The van der Waals surface area contributed by atoms with Gasteiger partial charge in [0.2, 0.25) is 0 Å². The third-order valence-corrected chi connectivity index (χ3v) is 2.01. The van der Waals surface area contributed by atoms with E-state index < -0.39 is 0 Å². The van der Waals surface area contributed by atoms with Crippen LogP contribution in [0.4, 0.5) is 0 Å². The predicted molar refractivity (Wildman–Crippen MR) is 46.6 cm³/mol. The third kappa shape index (κ3) is 4.79. The standard InChI is InChI=1S/C8H18N2O/c1-3-6(2)7(11)4-5-8(9)10/h6-7,11H,3-5H2,1-2H3,(H3,9,10). The van der Waals surface area contributed by atoms with Crippen LogP contribution in [0.2, 0.25) is 0 Å². The van der Waals surface area contributed by atoms with Gasteiger partial charge >= 0.3 is 0 Å². The molecule has 3 heteroatoms. The molecule has 0 amide bonds. The molecule has 11 heavy (non-hydrogen) atoms. The van der Waals surface area contributed by atoms with Crippen molar-refractivity contribution in [3.63, 3.8) is 0 Å². The third-order valence-electron chi connectivity index (χ3n) is 2.01. The van der Waals surface area contributed by atoms with Gasteiger partial charge in [0.05, 0.1) is 11.9 Å². The van der Waals surface area contributed by atoms with Crippen LogP contribution in [-0.4, -0.2) is 17.0 Å². The molecule has 0 heterocycles. The molecule has 0 saturated heterocycles. The van der Waals surface area contributed by atoms with Crippen molar-refractivity contribution >= 4 is 5.84 Å². The Kier molecular flexibility index (Phi) is 4.86. The van der Waals surface area contributed by atoms with E-state index in [1.54, 1.807) is 0 Å². The number of hydrogen-bond acceptors (Lipinski definition) is 2. The van der Waals surface area contributed by atoms with E-state index in [2.05, 4.69) is 0 Å². The van der Waals surface area contributed by atoms with Crippen LogP contribution in [0.25, 0.3) is 0 Å². The summed E-state index contributed by atoms with van der Waals surface area (Å²) < 4.78 is 0. The molecule has 0 saturated carbocycles. The van der Waals surface area contributed by atoms with Crippen molar-refractivity contribution in [3.8, 4) is 0 Å². The quantitative estimate of drug-likeness (QED) is 0.414. The topological polar surface area (TPSA) is 70.1 Å². The summed E-state index contributed by atoms with van der Waals surface area (Å²) in [5.41, 5.74) is 5.15. The molecule has 0 aliphatic heterocycles. The summed E-state index contributed by atoms with van der Waals surface area (Å²) >= 11 is 0. The van der Waals surface area contributed by atoms with E-state index >= 15 is 0 Å². The number of aliphatic hydroxyl groups excluding tert-OH is 1. The van der Waals surface area contributed by atoms with Gasteiger partial charge in [-0.25, -0.2) is 0 Å². The minimum absolute atomic E-state index is 0.160. The van der Waals surface area contributed by atoms with Gasteiger partial charge in [0.1, 0.15) is 0 Å². The minimum Gasteiger partial charge on any atom is -0.393 e. The molecule has 0 aromatic rings. The predicted octanol–water partition coefficient (Wildman–Crippen LogP) is 1.11. The average Bonchev–Trinajstić information content (AvgIpc) is 1.98. The first-order valence-electron chi connectivity index (χ1n) is 4.08. The van der Waals surface area contributed by atoms with Gasteiger partial charge in [0, 0.05) is 6.42 Å². The Balaban J connectivity index is 3.51. The monoisotopic (exact) mass is 158 g/mol. The highest BCUT2D eigenvalue weighted by Crippen LogP contribution is 2.11. The average molecular weight is 158 g/mol. The zero-order valence-electron chi connectivity index (χ0n) is 7.30. The summed E-state index contributed by atoms with van der Waals surface area (Å²) in [6.07, 6.45) is 1.79. The van der Waals surface area contributed by atoms with Crippen LogP contribution in [0.15, 0.2) is 0 Å². The highest BCUT2D eigenvalue weighted by atomic mass is 16.3. The van der Waals surface area contributed by atoms with Crippen LogP contribution in [0.1, 0.15) is 33.1 Å². The molecule has 3 nitrogen and oxygen atoms in total. The van der Waals surface area contributed by atoms with E-state index in [9.17, 15) is 5.11 Å². The molecule has 0 aromatic heterocycles. The van der Waals surface area contributed by atoms with E-state index in [1.165, 1.54) is 0 Å². The number of rotatable bonds is 5. The Morgan fingerprint density at radius 3 is 2.55 bits per heavy atom. The molecule has 0 rings (SSSR count). The van der Waals surface area contributed by atoms with Gasteiger partial charge in [-0.1, -0.05) is 20.3 Å². The number of nitrogens with one attached hydrogen (secondary N) is 1. The second kappa shape index (κ2) is 5.13. The SMILES string of the molecule is CCC(C)C(O)CCC(=N)N. The lowest BCUT2D eigenvalue weighted by atomic mass is 9.98. The molecule has 0 aliphatic carbocycles. The first-order chi connectivity index (χ1) is 5.07. The molecule has 2 atom stereocenters. The van der Waals surface area contributed by atoms with E-state index in [0.29, 0.717) is 18.8 Å². The fraction of sp³-hybridized carbons (Fsp3) is 0.875. The second-order valence-corrected chi connectivity index (χ2v) is 3.02. The highest BCUT2D eigenvalue weighted by Gasteiger charge is 2.11. The number of nitrogens with two attached hydrogens (primary N) is 1. The van der Waals surface area contributed by atoms with Crippen molar-refractivity contribution in [2.45, 2.75) is 39.2 Å². The largest absolute Gasteiger partial charge is 0.393 e. The van der Waals surface area contributed by atoms with Gasteiger partial charge in [-0.2, -0.15) is 0 Å². The molecule has 0 bridgehead atoms. The molecule has 0 fully saturated rings. The molecule has 4 N–H and O–H groups in total. The summed E-state index contributed by atoms with van der Waals surface area (Å²) in [5.74, 6) is 0.474. The van der Waals surface area contributed by atoms with Crippen molar-refractivity contribution in [2.24, 2.45) is 11.7 Å². The Hall–Kier alpha value is -0.570. The molecule has 0 radical (unpaired) electrons. The zero-order chi connectivity index (χ0) is 8.85. The normalized spacial score (nSPS) is 15.9. The van der Waals surface area contributed by atoms with E-state index in [1.807, 2.05) is 13.8 Å². The molecular weight excluding hydrogens is 140 g/mol. The van der Waals surface area contributed by atoms with Gasteiger partial charge < -0.3 is 10.8 Å². The molecule has 2 unspecified atom stereocenters. The summed E-state index contributed by atoms with van der Waals surface area (Å²) in [5, 5.41) is 16.4. The van der Waals surface area contributed by atoms with Crippen molar-refractivity contribution in [1.29, 1.82) is 5.41 Å².